The lowest BCUT2D eigenvalue weighted by Crippen LogP contribution is -2.42. The lowest BCUT2D eigenvalue weighted by atomic mass is 10.0. The fourth-order valence-electron chi connectivity index (χ4n) is 2.49. The van der Waals surface area contributed by atoms with Crippen LogP contribution in [0.15, 0.2) is 23.1 Å². The zero-order chi connectivity index (χ0) is 15.6. The highest BCUT2D eigenvalue weighted by molar-refractivity contribution is 7.89. The van der Waals surface area contributed by atoms with Crippen LogP contribution in [0.5, 0.6) is 5.75 Å². The zero-order valence-corrected chi connectivity index (χ0v) is 12.9. The number of hydrogen-bond acceptors (Lipinski definition) is 4. The van der Waals surface area contributed by atoms with Gasteiger partial charge in [-0.1, -0.05) is 6.07 Å². The molecular formula is C14H19NO5S. The quantitative estimate of drug-likeness (QED) is 0.910. The molecule has 0 aromatic heterocycles. The topological polar surface area (TPSA) is 83.9 Å². The molecule has 21 heavy (non-hydrogen) atoms. The molecule has 6 nitrogen and oxygen atoms in total. The van der Waals surface area contributed by atoms with E-state index in [2.05, 4.69) is 0 Å². The molecule has 2 rings (SSSR count). The minimum atomic E-state index is -3.75. The lowest BCUT2D eigenvalue weighted by molar-refractivity contribution is -0.142. The van der Waals surface area contributed by atoms with Gasteiger partial charge in [-0.2, -0.15) is 4.31 Å². The summed E-state index contributed by atoms with van der Waals surface area (Å²) in [4.78, 5) is 11.2. The third kappa shape index (κ3) is 3.19. The van der Waals surface area contributed by atoms with E-state index in [1.54, 1.807) is 25.1 Å². The molecular weight excluding hydrogens is 294 g/mol. The van der Waals surface area contributed by atoms with Gasteiger partial charge in [0.25, 0.3) is 0 Å². The number of carboxylic acid groups (broad SMARTS) is 1. The van der Waals surface area contributed by atoms with Crippen LogP contribution in [-0.2, 0) is 14.8 Å². The molecule has 1 aromatic rings. The molecule has 0 saturated carbocycles. The highest BCUT2D eigenvalue weighted by Gasteiger charge is 2.34. The fourth-order valence-corrected chi connectivity index (χ4v) is 4.25. The normalized spacial score (nSPS) is 20.2. The SMILES string of the molecule is COc1ccc(C)cc1S(=O)(=O)N1CCCC(C(=O)O)C1. The Morgan fingerprint density at radius 1 is 1.43 bits per heavy atom. The predicted molar refractivity (Wildman–Crippen MR) is 76.8 cm³/mol. The first kappa shape index (κ1) is 15.8. The van der Waals surface area contributed by atoms with Crippen molar-refractivity contribution in [1.29, 1.82) is 0 Å². The second kappa shape index (κ2) is 6.03. The number of rotatable bonds is 4. The van der Waals surface area contributed by atoms with Crippen LogP contribution in [0.4, 0.5) is 0 Å². The van der Waals surface area contributed by atoms with Crippen molar-refractivity contribution in [2.75, 3.05) is 20.2 Å². The number of benzene rings is 1. The Morgan fingerprint density at radius 2 is 2.14 bits per heavy atom. The van der Waals surface area contributed by atoms with E-state index in [9.17, 15) is 13.2 Å². The molecule has 116 valence electrons. The van der Waals surface area contributed by atoms with Gasteiger partial charge in [0.2, 0.25) is 10.0 Å². The van der Waals surface area contributed by atoms with Gasteiger partial charge >= 0.3 is 5.97 Å². The molecule has 1 aliphatic rings. The van der Waals surface area contributed by atoms with Gasteiger partial charge in [0.15, 0.2) is 0 Å². The van der Waals surface area contributed by atoms with E-state index < -0.39 is 21.9 Å². The molecule has 1 saturated heterocycles. The summed E-state index contributed by atoms with van der Waals surface area (Å²) in [7, 11) is -2.33. The molecule has 1 fully saturated rings. The first-order valence-electron chi connectivity index (χ1n) is 6.74. The molecule has 1 N–H and O–H groups in total. The number of sulfonamides is 1. The Balaban J connectivity index is 2.38. The summed E-state index contributed by atoms with van der Waals surface area (Å²) in [6, 6.07) is 4.94. The fraction of sp³-hybridized carbons (Fsp3) is 0.500. The number of carbonyl (C=O) groups is 1. The van der Waals surface area contributed by atoms with Crippen molar-refractivity contribution in [2.24, 2.45) is 5.92 Å². The van der Waals surface area contributed by atoms with Crippen LogP contribution in [-0.4, -0.2) is 44.0 Å². The summed E-state index contributed by atoms with van der Waals surface area (Å²) in [5.74, 6) is -1.33. The molecule has 1 atom stereocenters. The van der Waals surface area contributed by atoms with Gasteiger partial charge in [-0.05, 0) is 37.5 Å². The van der Waals surface area contributed by atoms with Gasteiger partial charge in [0, 0.05) is 13.1 Å². The maximum atomic E-state index is 12.7. The lowest BCUT2D eigenvalue weighted by Gasteiger charge is -2.30. The van der Waals surface area contributed by atoms with Crippen LogP contribution < -0.4 is 4.74 Å². The van der Waals surface area contributed by atoms with Crippen molar-refractivity contribution in [3.05, 3.63) is 23.8 Å². The Kier molecular flexibility index (Phi) is 4.53. The van der Waals surface area contributed by atoms with Gasteiger partial charge in [-0.25, -0.2) is 8.42 Å². The van der Waals surface area contributed by atoms with Gasteiger partial charge in [-0.15, -0.1) is 0 Å². The van der Waals surface area contributed by atoms with E-state index in [-0.39, 0.29) is 17.2 Å². The summed E-state index contributed by atoms with van der Waals surface area (Å²) in [5.41, 5.74) is 0.807. The zero-order valence-electron chi connectivity index (χ0n) is 12.1. The third-order valence-electron chi connectivity index (χ3n) is 3.67. The van der Waals surface area contributed by atoms with Gasteiger partial charge in [0.1, 0.15) is 10.6 Å². The Bertz CT molecular complexity index is 641. The van der Waals surface area contributed by atoms with Crippen molar-refractivity contribution in [1.82, 2.24) is 4.31 Å². The van der Waals surface area contributed by atoms with Crippen molar-refractivity contribution < 1.29 is 23.1 Å². The van der Waals surface area contributed by atoms with E-state index in [0.717, 1.165) is 5.56 Å². The molecule has 0 bridgehead atoms. The van der Waals surface area contributed by atoms with Crippen molar-refractivity contribution in [2.45, 2.75) is 24.7 Å². The van der Waals surface area contributed by atoms with E-state index in [1.807, 2.05) is 0 Å². The average Bonchev–Trinajstić information content (AvgIpc) is 2.47. The third-order valence-corrected chi connectivity index (χ3v) is 5.56. The first-order chi connectivity index (χ1) is 9.86. The number of hydrogen-bond donors (Lipinski definition) is 1. The molecule has 1 unspecified atom stereocenters. The van der Waals surface area contributed by atoms with E-state index in [0.29, 0.717) is 19.4 Å². The summed E-state index contributed by atoms with van der Waals surface area (Å²) in [6.45, 7) is 2.15. The number of ether oxygens (including phenoxy) is 1. The van der Waals surface area contributed by atoms with E-state index in [4.69, 9.17) is 9.84 Å². The molecule has 0 amide bonds. The predicted octanol–water partition coefficient (Wildman–Crippen LogP) is 1.49. The minimum absolute atomic E-state index is 0.00869. The summed E-state index contributed by atoms with van der Waals surface area (Å²) < 4.78 is 31.9. The van der Waals surface area contributed by atoms with E-state index in [1.165, 1.54) is 11.4 Å². The van der Waals surface area contributed by atoms with Crippen LogP contribution in [0, 0.1) is 12.8 Å². The van der Waals surface area contributed by atoms with Gasteiger partial charge in [0.05, 0.1) is 13.0 Å². The summed E-state index contributed by atoms with van der Waals surface area (Å²) >= 11 is 0. The monoisotopic (exact) mass is 313 g/mol. The highest BCUT2D eigenvalue weighted by Crippen LogP contribution is 2.30. The second-order valence-corrected chi connectivity index (χ2v) is 7.10. The largest absolute Gasteiger partial charge is 0.495 e. The van der Waals surface area contributed by atoms with Crippen molar-refractivity contribution in [3.63, 3.8) is 0 Å². The molecule has 1 heterocycles. The standard InChI is InChI=1S/C14H19NO5S/c1-10-5-6-12(20-2)13(8-10)21(18,19)15-7-3-4-11(9-15)14(16)17/h5-6,8,11H,3-4,7,9H2,1-2H3,(H,16,17). The van der Waals surface area contributed by atoms with Crippen LogP contribution in [0.1, 0.15) is 18.4 Å². The number of nitrogens with zero attached hydrogens (tertiary/aromatic N) is 1. The maximum absolute atomic E-state index is 12.7. The highest BCUT2D eigenvalue weighted by atomic mass is 32.2. The van der Waals surface area contributed by atoms with Crippen LogP contribution in [0.2, 0.25) is 0 Å². The Hall–Kier alpha value is -1.60. The van der Waals surface area contributed by atoms with Crippen LogP contribution >= 0.6 is 0 Å². The number of piperidine rings is 1. The molecule has 0 spiro atoms. The number of aliphatic carboxylic acids is 1. The molecule has 7 heteroatoms. The first-order valence-corrected chi connectivity index (χ1v) is 8.18. The number of aryl methyl sites for hydroxylation is 1. The van der Waals surface area contributed by atoms with Crippen molar-refractivity contribution in [3.8, 4) is 5.75 Å². The van der Waals surface area contributed by atoms with Gasteiger partial charge < -0.3 is 9.84 Å². The Labute approximate surface area is 124 Å². The number of carboxylic acids is 1. The van der Waals surface area contributed by atoms with Crippen LogP contribution in [0.25, 0.3) is 0 Å². The van der Waals surface area contributed by atoms with E-state index >= 15 is 0 Å². The minimum Gasteiger partial charge on any atom is -0.495 e. The Morgan fingerprint density at radius 3 is 2.76 bits per heavy atom. The molecule has 0 aliphatic carbocycles. The second-order valence-electron chi connectivity index (χ2n) is 5.19. The van der Waals surface area contributed by atoms with Crippen molar-refractivity contribution >= 4 is 16.0 Å². The molecule has 0 radical (unpaired) electrons. The average molecular weight is 313 g/mol. The number of methoxy groups -OCH3 is 1. The smallest absolute Gasteiger partial charge is 0.307 e. The van der Waals surface area contributed by atoms with Gasteiger partial charge in [-0.3, -0.25) is 4.79 Å². The summed E-state index contributed by atoms with van der Waals surface area (Å²) in [6.07, 6.45) is 1.05. The van der Waals surface area contributed by atoms with Crippen LogP contribution in [0.3, 0.4) is 0 Å². The summed E-state index contributed by atoms with van der Waals surface area (Å²) in [5, 5.41) is 9.09. The maximum Gasteiger partial charge on any atom is 0.307 e. The molecule has 1 aromatic carbocycles. The molecule has 1 aliphatic heterocycles.